The van der Waals surface area contributed by atoms with Gasteiger partial charge in [0.25, 0.3) is 0 Å². The second kappa shape index (κ2) is 5.98. The molecule has 21 heavy (non-hydrogen) atoms. The Labute approximate surface area is 130 Å². The average Bonchev–Trinajstić information content (AvgIpc) is 2.73. The molecule has 0 saturated heterocycles. The lowest BCUT2D eigenvalue weighted by Crippen LogP contribution is -2.05. The maximum atomic E-state index is 6.25. The van der Waals surface area contributed by atoms with E-state index in [-0.39, 0.29) is 5.92 Å². The van der Waals surface area contributed by atoms with Gasteiger partial charge in [0, 0.05) is 23.6 Å². The molecule has 0 spiro atoms. The molecule has 2 aromatic rings. The zero-order valence-electron chi connectivity index (χ0n) is 13.1. The molecule has 1 aromatic heterocycles. The van der Waals surface area contributed by atoms with Crippen molar-refractivity contribution in [3.63, 3.8) is 0 Å². The van der Waals surface area contributed by atoms with Crippen LogP contribution < -0.4 is 10.5 Å². The number of nitrogens with two attached hydrogens (primary N) is 1. The summed E-state index contributed by atoms with van der Waals surface area (Å²) in [5.74, 6) is 2.12. The van der Waals surface area contributed by atoms with Gasteiger partial charge in [-0.3, -0.25) is 4.68 Å². The van der Waals surface area contributed by atoms with Crippen molar-refractivity contribution in [2.24, 2.45) is 13.0 Å². The van der Waals surface area contributed by atoms with Gasteiger partial charge in [0.05, 0.1) is 18.4 Å². The van der Waals surface area contributed by atoms with Gasteiger partial charge >= 0.3 is 0 Å². The first-order chi connectivity index (χ1) is 9.86. The molecule has 0 fully saturated rings. The molecule has 0 amide bonds. The number of methoxy groups -OCH3 is 1. The molecule has 2 rings (SSSR count). The number of aromatic nitrogens is 2. The molecule has 1 heterocycles. The topological polar surface area (TPSA) is 53.1 Å². The van der Waals surface area contributed by atoms with Crippen molar-refractivity contribution in [1.82, 2.24) is 9.78 Å². The molecule has 4 nitrogen and oxygen atoms in total. The van der Waals surface area contributed by atoms with Gasteiger partial charge in [0.1, 0.15) is 11.6 Å². The highest BCUT2D eigenvalue weighted by atomic mass is 35.5. The van der Waals surface area contributed by atoms with Gasteiger partial charge < -0.3 is 10.5 Å². The summed E-state index contributed by atoms with van der Waals surface area (Å²) in [5, 5.41) is 5.26. The van der Waals surface area contributed by atoms with Crippen LogP contribution in [0.4, 0.5) is 5.82 Å². The summed E-state index contributed by atoms with van der Waals surface area (Å²) in [4.78, 5) is 0. The Morgan fingerprint density at radius 1 is 1.29 bits per heavy atom. The minimum atomic E-state index is 0.284. The van der Waals surface area contributed by atoms with Crippen molar-refractivity contribution in [2.75, 3.05) is 12.8 Å². The minimum absolute atomic E-state index is 0.284. The zero-order chi connectivity index (χ0) is 15.7. The monoisotopic (exact) mass is 307 g/mol. The van der Waals surface area contributed by atoms with Crippen molar-refractivity contribution in [2.45, 2.75) is 26.7 Å². The fourth-order valence-corrected chi connectivity index (χ4v) is 2.52. The van der Waals surface area contributed by atoms with Gasteiger partial charge in [0.2, 0.25) is 0 Å². The van der Waals surface area contributed by atoms with Gasteiger partial charge in [-0.2, -0.15) is 5.10 Å². The lowest BCUT2D eigenvalue weighted by Gasteiger charge is -2.16. The first-order valence-corrected chi connectivity index (χ1v) is 7.40. The lowest BCUT2D eigenvalue weighted by atomic mass is 9.90. The maximum absolute atomic E-state index is 6.25. The third-order valence-electron chi connectivity index (χ3n) is 3.98. The van der Waals surface area contributed by atoms with Gasteiger partial charge in [-0.1, -0.05) is 32.4 Å². The molecule has 0 aliphatic rings. The van der Waals surface area contributed by atoms with Gasteiger partial charge in [0.15, 0.2) is 0 Å². The van der Waals surface area contributed by atoms with Crippen molar-refractivity contribution in [1.29, 1.82) is 0 Å². The van der Waals surface area contributed by atoms with Gasteiger partial charge in [-0.25, -0.2) is 0 Å². The van der Waals surface area contributed by atoms with E-state index < -0.39 is 0 Å². The first-order valence-electron chi connectivity index (χ1n) is 7.03. The van der Waals surface area contributed by atoms with Crippen LogP contribution in [0.2, 0.25) is 5.02 Å². The number of benzene rings is 1. The standard InChI is InChI=1S/C16H22ClN3O/c1-9(2)10(3)15-14(16(18)20(4)19-15)12-8-11(17)6-7-13(12)21-5/h6-10H,18H2,1-5H3. The molecular weight excluding hydrogens is 286 g/mol. The number of halogens is 1. The summed E-state index contributed by atoms with van der Waals surface area (Å²) in [6.45, 7) is 6.51. The van der Waals surface area contributed by atoms with E-state index >= 15 is 0 Å². The minimum Gasteiger partial charge on any atom is -0.496 e. The number of nitrogen functional groups attached to an aromatic ring is 1. The highest BCUT2D eigenvalue weighted by Gasteiger charge is 2.24. The number of nitrogens with zero attached hydrogens (tertiary/aromatic N) is 2. The molecule has 1 aromatic carbocycles. The van der Waals surface area contributed by atoms with Crippen LogP contribution in [-0.2, 0) is 7.05 Å². The Balaban J connectivity index is 2.71. The van der Waals surface area contributed by atoms with Crippen LogP contribution in [0.25, 0.3) is 11.1 Å². The number of aryl methyl sites for hydroxylation is 1. The smallest absolute Gasteiger partial charge is 0.129 e. The summed E-state index contributed by atoms with van der Waals surface area (Å²) < 4.78 is 7.18. The SMILES string of the molecule is COc1ccc(Cl)cc1-c1c(C(C)C(C)C)nn(C)c1N. The molecule has 114 valence electrons. The van der Waals surface area contributed by atoms with Crippen LogP contribution in [0, 0.1) is 5.92 Å². The van der Waals surface area contributed by atoms with E-state index in [0.717, 1.165) is 22.6 Å². The molecule has 1 unspecified atom stereocenters. The van der Waals surface area contributed by atoms with Crippen LogP contribution in [0.3, 0.4) is 0 Å². The number of hydrogen-bond acceptors (Lipinski definition) is 3. The molecule has 1 atom stereocenters. The Bertz CT molecular complexity index is 649. The number of hydrogen-bond donors (Lipinski definition) is 1. The Morgan fingerprint density at radius 3 is 2.52 bits per heavy atom. The summed E-state index contributed by atoms with van der Waals surface area (Å²) in [7, 11) is 3.50. The summed E-state index contributed by atoms with van der Waals surface area (Å²) >= 11 is 6.15. The molecule has 2 N–H and O–H groups in total. The lowest BCUT2D eigenvalue weighted by molar-refractivity contribution is 0.416. The highest BCUT2D eigenvalue weighted by Crippen LogP contribution is 2.41. The van der Waals surface area contributed by atoms with Gasteiger partial charge in [-0.05, 0) is 24.1 Å². The Morgan fingerprint density at radius 2 is 1.95 bits per heavy atom. The fraction of sp³-hybridized carbons (Fsp3) is 0.438. The van der Waals surface area contributed by atoms with Crippen molar-refractivity contribution >= 4 is 17.4 Å². The van der Waals surface area contributed by atoms with Crippen molar-refractivity contribution in [3.8, 4) is 16.9 Å². The van der Waals surface area contributed by atoms with Gasteiger partial charge in [-0.15, -0.1) is 0 Å². The molecular formula is C16H22ClN3O. The van der Waals surface area contributed by atoms with Crippen LogP contribution >= 0.6 is 11.6 Å². The third-order valence-corrected chi connectivity index (χ3v) is 4.22. The van der Waals surface area contributed by atoms with Crippen LogP contribution in [0.15, 0.2) is 18.2 Å². The van der Waals surface area contributed by atoms with E-state index in [1.54, 1.807) is 11.8 Å². The molecule has 0 aliphatic heterocycles. The Kier molecular flexibility index (Phi) is 4.47. The summed E-state index contributed by atoms with van der Waals surface area (Å²) in [6, 6.07) is 5.54. The number of anilines is 1. The zero-order valence-corrected chi connectivity index (χ0v) is 13.9. The maximum Gasteiger partial charge on any atom is 0.129 e. The number of ether oxygens (including phenoxy) is 1. The summed E-state index contributed by atoms with van der Waals surface area (Å²) in [5.41, 5.74) is 9.03. The van der Waals surface area contributed by atoms with E-state index in [1.165, 1.54) is 0 Å². The third kappa shape index (κ3) is 2.86. The van der Waals surface area contributed by atoms with E-state index in [4.69, 9.17) is 22.1 Å². The molecule has 0 saturated carbocycles. The fourth-order valence-electron chi connectivity index (χ4n) is 2.34. The molecule has 0 aliphatic carbocycles. The van der Waals surface area contributed by atoms with Crippen molar-refractivity contribution in [3.05, 3.63) is 28.9 Å². The summed E-state index contributed by atoms with van der Waals surface area (Å²) in [6.07, 6.45) is 0. The molecule has 0 radical (unpaired) electrons. The second-order valence-electron chi connectivity index (χ2n) is 5.65. The van der Waals surface area contributed by atoms with E-state index in [1.807, 2.05) is 25.2 Å². The van der Waals surface area contributed by atoms with Crippen LogP contribution in [0.5, 0.6) is 5.75 Å². The quantitative estimate of drug-likeness (QED) is 0.925. The molecule has 0 bridgehead atoms. The largest absolute Gasteiger partial charge is 0.496 e. The van der Waals surface area contributed by atoms with Crippen molar-refractivity contribution < 1.29 is 4.74 Å². The van der Waals surface area contributed by atoms with Crippen LogP contribution in [0.1, 0.15) is 32.4 Å². The van der Waals surface area contributed by atoms with E-state index in [2.05, 4.69) is 25.9 Å². The Hall–Kier alpha value is -1.68. The number of rotatable bonds is 4. The predicted octanol–water partition coefficient (Wildman–Crippen LogP) is 4.09. The van der Waals surface area contributed by atoms with Crippen LogP contribution in [-0.4, -0.2) is 16.9 Å². The second-order valence-corrected chi connectivity index (χ2v) is 6.08. The normalized spacial score (nSPS) is 12.7. The van der Waals surface area contributed by atoms with E-state index in [0.29, 0.717) is 16.8 Å². The predicted molar refractivity (Wildman–Crippen MR) is 87.9 cm³/mol. The molecule has 5 heteroatoms. The highest BCUT2D eigenvalue weighted by molar-refractivity contribution is 6.31. The van der Waals surface area contributed by atoms with E-state index in [9.17, 15) is 0 Å². The first kappa shape index (κ1) is 15.7. The average molecular weight is 308 g/mol.